The fourth-order valence-electron chi connectivity index (χ4n) is 6.67. The zero-order chi connectivity index (χ0) is 26.3. The topological polar surface area (TPSA) is 96.4 Å². The molecule has 3 saturated heterocycles. The SMILES string of the molecule is C=CCN(C(=O)C1N([C@@H](CO)[C@@H](C)CC)C(=O)[C@@H]2[C@@H](C(=O)OCC)[C@@]3(CC)CCC12O3)C(C)(C)C. The van der Waals surface area contributed by atoms with Gasteiger partial charge < -0.3 is 24.4 Å². The maximum Gasteiger partial charge on any atom is 0.312 e. The first-order chi connectivity index (χ1) is 16.4. The van der Waals surface area contributed by atoms with Crippen molar-refractivity contribution in [2.75, 3.05) is 19.8 Å². The minimum atomic E-state index is -1.13. The van der Waals surface area contributed by atoms with Crippen molar-refractivity contribution in [1.29, 1.82) is 0 Å². The number of rotatable bonds is 10. The molecule has 0 aromatic carbocycles. The minimum absolute atomic E-state index is 0.0460. The number of carbonyl (C=O) groups excluding carboxylic acids is 3. The molecule has 2 amide bonds. The normalized spacial score (nSPS) is 33.4. The van der Waals surface area contributed by atoms with Crippen molar-refractivity contribution >= 4 is 17.8 Å². The highest BCUT2D eigenvalue weighted by Gasteiger charge is 2.79. The Labute approximate surface area is 210 Å². The fraction of sp³-hybridized carbons (Fsp3) is 0.815. The Bertz CT molecular complexity index is 853. The van der Waals surface area contributed by atoms with Gasteiger partial charge >= 0.3 is 5.97 Å². The molecule has 0 aromatic rings. The maximum atomic E-state index is 14.4. The Balaban J connectivity index is 2.22. The van der Waals surface area contributed by atoms with Gasteiger partial charge in [-0.25, -0.2) is 0 Å². The molecule has 3 rings (SSSR count). The van der Waals surface area contributed by atoms with Gasteiger partial charge in [0.2, 0.25) is 11.8 Å². The molecule has 2 bridgehead atoms. The van der Waals surface area contributed by atoms with E-state index in [1.807, 2.05) is 41.5 Å². The molecule has 7 atom stereocenters. The Morgan fingerprint density at radius 1 is 1.31 bits per heavy atom. The van der Waals surface area contributed by atoms with Gasteiger partial charge in [-0.2, -0.15) is 0 Å². The van der Waals surface area contributed by atoms with Crippen LogP contribution in [0.2, 0.25) is 0 Å². The third-order valence-electron chi connectivity index (χ3n) is 8.63. The average Bonchev–Trinajstić information content (AvgIpc) is 3.41. The second-order valence-corrected chi connectivity index (χ2v) is 11.4. The molecule has 0 saturated carbocycles. The highest BCUT2D eigenvalue weighted by atomic mass is 16.6. The number of hydrogen-bond donors (Lipinski definition) is 1. The van der Waals surface area contributed by atoms with Gasteiger partial charge in [0.05, 0.1) is 30.8 Å². The summed E-state index contributed by atoms with van der Waals surface area (Å²) in [4.78, 5) is 45.2. The lowest BCUT2D eigenvalue weighted by molar-refractivity contribution is -0.165. The third-order valence-corrected chi connectivity index (χ3v) is 8.63. The first-order valence-corrected chi connectivity index (χ1v) is 13.1. The highest BCUT2D eigenvalue weighted by molar-refractivity contribution is 5.99. The number of amides is 2. The summed E-state index contributed by atoms with van der Waals surface area (Å²) in [5, 5.41) is 10.4. The van der Waals surface area contributed by atoms with Gasteiger partial charge in [-0.05, 0) is 52.9 Å². The summed E-state index contributed by atoms with van der Waals surface area (Å²) in [7, 11) is 0. The quantitative estimate of drug-likeness (QED) is 0.372. The lowest BCUT2D eigenvalue weighted by atomic mass is 9.65. The van der Waals surface area contributed by atoms with Crippen LogP contribution in [0.25, 0.3) is 0 Å². The predicted molar refractivity (Wildman–Crippen MR) is 132 cm³/mol. The van der Waals surface area contributed by atoms with E-state index < -0.39 is 46.6 Å². The molecule has 2 unspecified atom stereocenters. The number of hydrogen-bond acceptors (Lipinski definition) is 6. The molecule has 3 heterocycles. The largest absolute Gasteiger partial charge is 0.466 e. The zero-order valence-electron chi connectivity index (χ0n) is 22.5. The van der Waals surface area contributed by atoms with E-state index in [4.69, 9.17) is 9.47 Å². The molecule has 3 aliphatic rings. The maximum absolute atomic E-state index is 14.4. The van der Waals surface area contributed by atoms with Crippen molar-refractivity contribution in [3.8, 4) is 0 Å². The molecule has 0 radical (unpaired) electrons. The fourth-order valence-corrected chi connectivity index (χ4v) is 6.67. The molecule has 1 N–H and O–H groups in total. The number of esters is 1. The smallest absolute Gasteiger partial charge is 0.312 e. The molecular formula is C27H44N2O6. The zero-order valence-corrected chi connectivity index (χ0v) is 22.5. The van der Waals surface area contributed by atoms with E-state index in [0.717, 1.165) is 6.42 Å². The van der Waals surface area contributed by atoms with Crippen LogP contribution in [0.4, 0.5) is 0 Å². The number of nitrogens with zero attached hydrogens (tertiary/aromatic N) is 2. The molecule has 35 heavy (non-hydrogen) atoms. The van der Waals surface area contributed by atoms with Crippen LogP contribution >= 0.6 is 0 Å². The van der Waals surface area contributed by atoms with Crippen molar-refractivity contribution in [3.05, 3.63) is 12.7 Å². The monoisotopic (exact) mass is 492 g/mol. The summed E-state index contributed by atoms with van der Waals surface area (Å²) in [6, 6.07) is -1.49. The number of likely N-dealkylation sites (tertiary alicyclic amines) is 1. The van der Waals surface area contributed by atoms with Crippen molar-refractivity contribution < 1.29 is 29.0 Å². The summed E-state index contributed by atoms with van der Waals surface area (Å²) in [5.74, 6) is -2.59. The Morgan fingerprint density at radius 3 is 2.46 bits per heavy atom. The number of aliphatic hydroxyl groups excluding tert-OH is 1. The lowest BCUT2D eigenvalue weighted by Gasteiger charge is -2.44. The van der Waals surface area contributed by atoms with Gasteiger partial charge in [-0.1, -0.05) is 33.3 Å². The van der Waals surface area contributed by atoms with Crippen molar-refractivity contribution in [3.63, 3.8) is 0 Å². The summed E-state index contributed by atoms with van der Waals surface area (Å²) >= 11 is 0. The molecular weight excluding hydrogens is 448 g/mol. The van der Waals surface area contributed by atoms with Crippen LogP contribution in [0, 0.1) is 17.8 Å². The molecule has 0 aromatic heterocycles. The van der Waals surface area contributed by atoms with Crippen molar-refractivity contribution in [2.24, 2.45) is 17.8 Å². The van der Waals surface area contributed by atoms with E-state index in [9.17, 15) is 19.5 Å². The average molecular weight is 493 g/mol. The minimum Gasteiger partial charge on any atom is -0.466 e. The van der Waals surface area contributed by atoms with E-state index in [1.54, 1.807) is 22.8 Å². The Kier molecular flexibility index (Phi) is 7.78. The van der Waals surface area contributed by atoms with Gasteiger partial charge in [-0.15, -0.1) is 6.58 Å². The Hall–Kier alpha value is -1.93. The number of fused-ring (bicyclic) bond motifs is 1. The molecule has 3 aliphatic heterocycles. The summed E-state index contributed by atoms with van der Waals surface area (Å²) in [6.07, 6.45) is 4.04. The molecule has 8 heteroatoms. The molecule has 1 spiro atoms. The van der Waals surface area contributed by atoms with E-state index in [-0.39, 0.29) is 30.9 Å². The number of carbonyl (C=O) groups is 3. The van der Waals surface area contributed by atoms with E-state index >= 15 is 0 Å². The summed E-state index contributed by atoms with van der Waals surface area (Å²) in [6.45, 7) is 17.6. The third kappa shape index (κ3) is 4.10. The lowest BCUT2D eigenvalue weighted by Crippen LogP contribution is -2.62. The van der Waals surface area contributed by atoms with E-state index in [2.05, 4.69) is 6.58 Å². The van der Waals surface area contributed by atoms with Crippen LogP contribution in [0.5, 0.6) is 0 Å². The van der Waals surface area contributed by atoms with Gasteiger partial charge in [0.15, 0.2) is 0 Å². The van der Waals surface area contributed by atoms with Gasteiger partial charge in [0.1, 0.15) is 17.6 Å². The van der Waals surface area contributed by atoms with Crippen LogP contribution in [0.3, 0.4) is 0 Å². The highest BCUT2D eigenvalue weighted by Crippen LogP contribution is 2.65. The van der Waals surface area contributed by atoms with Crippen LogP contribution in [0.1, 0.15) is 74.1 Å². The van der Waals surface area contributed by atoms with Crippen molar-refractivity contribution in [1.82, 2.24) is 9.80 Å². The standard InChI is InChI=1S/C27H44N2O6/c1-9-15-28(25(6,7)8)23(32)21-27-14-13-26(11-3,35-27)20(24(33)34-12-4)19(27)22(31)29(21)18(16-30)17(5)10-2/h9,17-21,30H,1,10-16H2,2-8H3/t17-,18-,19-,20-,21?,26+,27?/m0/s1. The van der Waals surface area contributed by atoms with Gasteiger partial charge in [-0.3, -0.25) is 14.4 Å². The molecule has 0 aliphatic carbocycles. The second kappa shape index (κ2) is 9.85. The van der Waals surface area contributed by atoms with Gasteiger partial charge in [0, 0.05) is 12.1 Å². The van der Waals surface area contributed by atoms with Gasteiger partial charge in [0.25, 0.3) is 0 Å². The van der Waals surface area contributed by atoms with E-state index in [1.165, 1.54) is 0 Å². The summed E-state index contributed by atoms with van der Waals surface area (Å²) < 4.78 is 12.2. The second-order valence-electron chi connectivity index (χ2n) is 11.4. The molecule has 198 valence electrons. The van der Waals surface area contributed by atoms with Crippen LogP contribution < -0.4 is 0 Å². The van der Waals surface area contributed by atoms with Crippen molar-refractivity contribution in [2.45, 2.75) is 103 Å². The number of aliphatic hydroxyl groups is 1. The van der Waals surface area contributed by atoms with E-state index in [0.29, 0.717) is 25.8 Å². The predicted octanol–water partition coefficient (Wildman–Crippen LogP) is 2.92. The first kappa shape index (κ1) is 27.7. The Morgan fingerprint density at radius 2 is 1.97 bits per heavy atom. The van der Waals surface area contributed by atoms with Crippen LogP contribution in [-0.2, 0) is 23.9 Å². The van der Waals surface area contributed by atoms with Crippen LogP contribution in [-0.4, -0.2) is 81.3 Å². The first-order valence-electron chi connectivity index (χ1n) is 13.1. The molecule has 3 fully saturated rings. The van der Waals surface area contributed by atoms with Crippen LogP contribution in [0.15, 0.2) is 12.7 Å². The summed E-state index contributed by atoms with van der Waals surface area (Å²) in [5.41, 5.74) is -2.49. The molecule has 8 nitrogen and oxygen atoms in total. The number of ether oxygens (including phenoxy) is 2.